The van der Waals surface area contributed by atoms with Crippen LogP contribution >= 0.6 is 0 Å². The van der Waals surface area contributed by atoms with E-state index in [0.29, 0.717) is 11.7 Å². The molecule has 0 aromatic heterocycles. The first-order chi connectivity index (χ1) is 7.83. The summed E-state index contributed by atoms with van der Waals surface area (Å²) >= 11 is 0. The third-order valence-electron chi connectivity index (χ3n) is 4.01. The molecule has 1 N–H and O–H groups in total. The Bertz CT molecular complexity index is 382. The number of fused-ring (bicyclic) bond motifs is 1. The van der Waals surface area contributed by atoms with Crippen LogP contribution in [0, 0.1) is 0 Å². The van der Waals surface area contributed by atoms with Gasteiger partial charge in [0.2, 0.25) is 0 Å². The van der Waals surface area contributed by atoms with E-state index in [9.17, 15) is 5.11 Å². The summed E-state index contributed by atoms with van der Waals surface area (Å²) in [5.41, 5.74) is 2.84. The van der Waals surface area contributed by atoms with E-state index in [1.54, 1.807) is 0 Å². The summed E-state index contributed by atoms with van der Waals surface area (Å²) in [5.74, 6) is 1.08. The molecule has 16 heavy (non-hydrogen) atoms. The van der Waals surface area contributed by atoms with Gasteiger partial charge in [0.15, 0.2) is 0 Å². The average Bonchev–Trinajstić information content (AvgIpc) is 2.90. The molecule has 0 radical (unpaired) electrons. The Kier molecular flexibility index (Phi) is 2.60. The summed E-state index contributed by atoms with van der Waals surface area (Å²) in [5, 5.41) is 9.56. The zero-order valence-electron chi connectivity index (χ0n) is 9.65. The Morgan fingerprint density at radius 1 is 1.25 bits per heavy atom. The fraction of sp³-hybridized carbons (Fsp3) is 0.571. The molecule has 0 bridgehead atoms. The second-order valence-corrected chi connectivity index (χ2v) is 5.13. The maximum absolute atomic E-state index is 9.56. The second kappa shape index (κ2) is 4.10. The van der Waals surface area contributed by atoms with Gasteiger partial charge in [-0.2, -0.15) is 0 Å². The van der Waals surface area contributed by atoms with E-state index in [4.69, 9.17) is 0 Å². The molecule has 0 spiro atoms. The van der Waals surface area contributed by atoms with Gasteiger partial charge in [0.1, 0.15) is 5.75 Å². The molecule has 2 aliphatic rings. The predicted octanol–water partition coefficient (Wildman–Crippen LogP) is 2.52. The fourth-order valence-corrected chi connectivity index (χ4v) is 3.14. The van der Waals surface area contributed by atoms with Gasteiger partial charge >= 0.3 is 0 Å². The van der Waals surface area contributed by atoms with Crippen LogP contribution in [0.25, 0.3) is 0 Å². The van der Waals surface area contributed by atoms with Crippen LogP contribution in [0.5, 0.6) is 5.75 Å². The van der Waals surface area contributed by atoms with Gasteiger partial charge in [-0.25, -0.2) is 0 Å². The van der Waals surface area contributed by atoms with Crippen LogP contribution in [0.3, 0.4) is 0 Å². The van der Waals surface area contributed by atoms with Crippen molar-refractivity contribution in [3.63, 3.8) is 0 Å². The van der Waals surface area contributed by atoms with Gasteiger partial charge in [0.05, 0.1) is 0 Å². The van der Waals surface area contributed by atoms with Crippen molar-refractivity contribution in [2.45, 2.75) is 31.6 Å². The number of phenolic OH excluding ortho intramolecular Hbond substituents is 1. The Hall–Kier alpha value is -1.02. The summed E-state index contributed by atoms with van der Waals surface area (Å²) in [4.78, 5) is 2.57. The molecule has 2 heteroatoms. The molecular weight excluding hydrogens is 198 g/mol. The van der Waals surface area contributed by atoms with Crippen LogP contribution in [0.2, 0.25) is 0 Å². The molecule has 3 rings (SSSR count). The van der Waals surface area contributed by atoms with E-state index >= 15 is 0 Å². The molecule has 1 aliphatic heterocycles. The van der Waals surface area contributed by atoms with Gasteiger partial charge < -0.3 is 10.0 Å². The number of hydrogen-bond donors (Lipinski definition) is 1. The van der Waals surface area contributed by atoms with Gasteiger partial charge in [0.25, 0.3) is 0 Å². The molecule has 1 aromatic carbocycles. The van der Waals surface area contributed by atoms with Gasteiger partial charge in [-0.05, 0) is 68.0 Å². The first kappa shape index (κ1) is 10.2. The predicted molar refractivity (Wildman–Crippen MR) is 64.8 cm³/mol. The molecule has 0 amide bonds. The van der Waals surface area contributed by atoms with Crippen LogP contribution in [0.15, 0.2) is 18.2 Å². The van der Waals surface area contributed by atoms with Crippen molar-refractivity contribution in [1.82, 2.24) is 4.90 Å². The first-order valence-corrected chi connectivity index (χ1v) is 6.37. The number of benzene rings is 1. The van der Waals surface area contributed by atoms with Gasteiger partial charge in [-0.1, -0.05) is 6.07 Å². The minimum Gasteiger partial charge on any atom is -0.508 e. The number of phenols is 1. The maximum Gasteiger partial charge on any atom is 0.115 e. The molecule has 1 saturated heterocycles. The van der Waals surface area contributed by atoms with Crippen molar-refractivity contribution < 1.29 is 5.11 Å². The van der Waals surface area contributed by atoms with E-state index in [-0.39, 0.29) is 0 Å². The van der Waals surface area contributed by atoms with Crippen molar-refractivity contribution in [1.29, 1.82) is 0 Å². The molecule has 1 fully saturated rings. The third-order valence-corrected chi connectivity index (χ3v) is 4.01. The van der Waals surface area contributed by atoms with Crippen LogP contribution in [0.1, 0.15) is 36.3 Å². The molecule has 1 atom stereocenters. The van der Waals surface area contributed by atoms with Crippen LogP contribution < -0.4 is 0 Å². The van der Waals surface area contributed by atoms with Crippen LogP contribution in [-0.4, -0.2) is 29.6 Å². The molecule has 1 heterocycles. The minimum atomic E-state index is 0.423. The third kappa shape index (κ3) is 1.82. The van der Waals surface area contributed by atoms with Crippen molar-refractivity contribution in [3.8, 4) is 5.75 Å². The second-order valence-electron chi connectivity index (χ2n) is 5.13. The zero-order valence-corrected chi connectivity index (χ0v) is 9.65. The SMILES string of the molecule is Oc1ccc2c(c1)C(CN1CCCC1)CC2. The smallest absolute Gasteiger partial charge is 0.115 e. The summed E-state index contributed by atoms with van der Waals surface area (Å²) in [6.45, 7) is 3.73. The van der Waals surface area contributed by atoms with Crippen molar-refractivity contribution in [3.05, 3.63) is 29.3 Å². The largest absolute Gasteiger partial charge is 0.508 e. The van der Waals surface area contributed by atoms with E-state index in [0.717, 1.165) is 0 Å². The molecule has 1 aliphatic carbocycles. The number of aryl methyl sites for hydroxylation is 1. The number of aromatic hydroxyl groups is 1. The normalized spacial score (nSPS) is 24.9. The topological polar surface area (TPSA) is 23.5 Å². The van der Waals surface area contributed by atoms with E-state index in [1.807, 2.05) is 12.1 Å². The number of likely N-dealkylation sites (tertiary alicyclic amines) is 1. The first-order valence-electron chi connectivity index (χ1n) is 6.37. The molecule has 0 saturated carbocycles. The fourth-order valence-electron chi connectivity index (χ4n) is 3.14. The number of rotatable bonds is 2. The van der Waals surface area contributed by atoms with Crippen molar-refractivity contribution in [2.75, 3.05) is 19.6 Å². The highest BCUT2D eigenvalue weighted by molar-refractivity contribution is 5.40. The molecule has 1 unspecified atom stereocenters. The Morgan fingerprint density at radius 2 is 2.06 bits per heavy atom. The summed E-state index contributed by atoms with van der Waals surface area (Å²) in [6, 6.07) is 5.88. The highest BCUT2D eigenvalue weighted by Crippen LogP contribution is 2.36. The molecular formula is C14H19NO. The lowest BCUT2D eigenvalue weighted by Gasteiger charge is -2.20. The number of nitrogens with zero attached hydrogens (tertiary/aromatic N) is 1. The minimum absolute atomic E-state index is 0.423. The molecule has 2 nitrogen and oxygen atoms in total. The molecule has 86 valence electrons. The monoisotopic (exact) mass is 217 g/mol. The Labute approximate surface area is 96.9 Å². The van der Waals surface area contributed by atoms with Gasteiger partial charge in [-0.3, -0.25) is 0 Å². The van der Waals surface area contributed by atoms with Gasteiger partial charge in [-0.15, -0.1) is 0 Å². The van der Waals surface area contributed by atoms with E-state index in [2.05, 4.69) is 11.0 Å². The van der Waals surface area contributed by atoms with Gasteiger partial charge in [0, 0.05) is 6.54 Å². The Morgan fingerprint density at radius 3 is 2.88 bits per heavy atom. The molecule has 1 aromatic rings. The van der Waals surface area contributed by atoms with Crippen LogP contribution in [0.4, 0.5) is 0 Å². The maximum atomic E-state index is 9.56. The summed E-state index contributed by atoms with van der Waals surface area (Å²) in [7, 11) is 0. The van der Waals surface area contributed by atoms with Crippen molar-refractivity contribution in [2.24, 2.45) is 0 Å². The number of hydrogen-bond acceptors (Lipinski definition) is 2. The lowest BCUT2D eigenvalue weighted by atomic mass is 10.0. The highest BCUT2D eigenvalue weighted by Gasteiger charge is 2.25. The summed E-state index contributed by atoms with van der Waals surface area (Å²) < 4.78 is 0. The van der Waals surface area contributed by atoms with Crippen LogP contribution in [-0.2, 0) is 6.42 Å². The zero-order chi connectivity index (χ0) is 11.0. The standard InChI is InChI=1S/C14H19NO/c16-13-6-5-11-3-4-12(14(11)9-13)10-15-7-1-2-8-15/h5-6,9,12,16H,1-4,7-8,10H2. The quantitative estimate of drug-likeness (QED) is 0.822. The van der Waals surface area contributed by atoms with E-state index in [1.165, 1.54) is 56.4 Å². The lowest BCUT2D eigenvalue weighted by molar-refractivity contribution is 0.313. The van der Waals surface area contributed by atoms with E-state index < -0.39 is 0 Å². The lowest BCUT2D eigenvalue weighted by Crippen LogP contribution is -2.24. The van der Waals surface area contributed by atoms with Crippen molar-refractivity contribution >= 4 is 0 Å². The Balaban J connectivity index is 1.77. The highest BCUT2D eigenvalue weighted by atomic mass is 16.3. The summed E-state index contributed by atoms with van der Waals surface area (Å²) in [6.07, 6.45) is 5.17. The average molecular weight is 217 g/mol.